The maximum atomic E-state index is 12.9. The number of fused-ring (bicyclic) bond motifs is 1. The Morgan fingerprint density at radius 3 is 2.36 bits per heavy atom. The minimum atomic E-state index is -0.226. The summed E-state index contributed by atoms with van der Waals surface area (Å²) in [6.45, 7) is 3.84. The molecule has 3 aromatic carbocycles. The van der Waals surface area contributed by atoms with Crippen LogP contribution in [-0.4, -0.2) is 31.1 Å². The zero-order valence-electron chi connectivity index (χ0n) is 16.0. The first kappa shape index (κ1) is 20.6. The van der Waals surface area contributed by atoms with E-state index in [2.05, 4.69) is 47.4 Å². The van der Waals surface area contributed by atoms with Crippen molar-refractivity contribution in [2.75, 3.05) is 26.2 Å². The highest BCUT2D eigenvalue weighted by molar-refractivity contribution is 5.85. The standard InChI is InChI=1S/C24H26FNO.ClH/c25-23-7-9-24(10-8-23)27-16-15-26-13-11-19(12-14-26)17-20-5-6-21-3-1-2-4-22(21)18-20;/h1-10,18-19H,11-17H2;1H. The van der Waals surface area contributed by atoms with Crippen LogP contribution in [0, 0.1) is 11.7 Å². The molecule has 0 saturated carbocycles. The molecule has 0 aliphatic carbocycles. The Morgan fingerprint density at radius 1 is 0.893 bits per heavy atom. The van der Waals surface area contributed by atoms with E-state index in [4.69, 9.17) is 4.74 Å². The molecule has 4 rings (SSSR count). The van der Waals surface area contributed by atoms with Crippen LogP contribution in [0.2, 0.25) is 0 Å². The highest BCUT2D eigenvalue weighted by atomic mass is 35.5. The lowest BCUT2D eigenvalue weighted by Gasteiger charge is -2.32. The van der Waals surface area contributed by atoms with E-state index in [1.165, 1.54) is 47.7 Å². The molecular weight excluding hydrogens is 373 g/mol. The molecule has 0 amide bonds. The molecule has 0 unspecified atom stereocenters. The summed E-state index contributed by atoms with van der Waals surface area (Å²) in [5.74, 6) is 1.28. The fourth-order valence-electron chi connectivity index (χ4n) is 3.94. The third-order valence-corrected chi connectivity index (χ3v) is 5.54. The van der Waals surface area contributed by atoms with Gasteiger partial charge in [0.2, 0.25) is 0 Å². The van der Waals surface area contributed by atoms with Crippen LogP contribution in [0.1, 0.15) is 18.4 Å². The lowest BCUT2D eigenvalue weighted by atomic mass is 9.89. The fraction of sp³-hybridized carbons (Fsp3) is 0.333. The largest absolute Gasteiger partial charge is 0.492 e. The summed E-state index contributed by atoms with van der Waals surface area (Å²) < 4.78 is 18.6. The smallest absolute Gasteiger partial charge is 0.123 e. The lowest BCUT2D eigenvalue weighted by Crippen LogP contribution is -2.37. The SMILES string of the molecule is Cl.Fc1ccc(OCCN2CCC(Cc3ccc4ccccc4c3)CC2)cc1. The number of benzene rings is 3. The first-order chi connectivity index (χ1) is 13.3. The number of hydrogen-bond acceptors (Lipinski definition) is 2. The molecule has 28 heavy (non-hydrogen) atoms. The average Bonchev–Trinajstić information content (AvgIpc) is 2.71. The molecule has 0 spiro atoms. The third kappa shape index (κ3) is 5.46. The van der Waals surface area contributed by atoms with Crippen LogP contribution in [0.5, 0.6) is 5.75 Å². The summed E-state index contributed by atoms with van der Waals surface area (Å²) in [6.07, 6.45) is 3.65. The van der Waals surface area contributed by atoms with E-state index >= 15 is 0 Å². The number of hydrogen-bond donors (Lipinski definition) is 0. The summed E-state index contributed by atoms with van der Waals surface area (Å²) in [6, 6.07) is 21.7. The second-order valence-electron chi connectivity index (χ2n) is 7.47. The number of nitrogens with zero attached hydrogens (tertiary/aromatic N) is 1. The second kappa shape index (κ2) is 9.90. The second-order valence-corrected chi connectivity index (χ2v) is 7.47. The Bertz CT molecular complexity index is 875. The zero-order valence-corrected chi connectivity index (χ0v) is 16.8. The van der Waals surface area contributed by atoms with Crippen molar-refractivity contribution in [1.29, 1.82) is 0 Å². The molecule has 1 heterocycles. The van der Waals surface area contributed by atoms with E-state index < -0.39 is 0 Å². The molecule has 0 N–H and O–H groups in total. The molecule has 0 atom stereocenters. The molecule has 4 heteroatoms. The molecule has 1 aliphatic heterocycles. The van der Waals surface area contributed by atoms with Crippen molar-refractivity contribution < 1.29 is 9.13 Å². The van der Waals surface area contributed by atoms with Crippen LogP contribution < -0.4 is 4.74 Å². The first-order valence-corrected chi connectivity index (χ1v) is 9.85. The van der Waals surface area contributed by atoms with Crippen molar-refractivity contribution in [1.82, 2.24) is 4.90 Å². The Morgan fingerprint density at radius 2 is 1.61 bits per heavy atom. The molecule has 0 aromatic heterocycles. The van der Waals surface area contributed by atoms with E-state index in [1.54, 1.807) is 12.1 Å². The van der Waals surface area contributed by atoms with E-state index in [9.17, 15) is 4.39 Å². The van der Waals surface area contributed by atoms with E-state index in [1.807, 2.05) is 0 Å². The molecule has 148 valence electrons. The number of ether oxygens (including phenoxy) is 1. The molecule has 1 fully saturated rings. The Hall–Kier alpha value is -2.10. The minimum absolute atomic E-state index is 0. The van der Waals surface area contributed by atoms with Gasteiger partial charge >= 0.3 is 0 Å². The van der Waals surface area contributed by atoms with Crippen LogP contribution in [-0.2, 0) is 6.42 Å². The maximum absolute atomic E-state index is 12.9. The average molecular weight is 400 g/mol. The van der Waals surface area contributed by atoms with Gasteiger partial charge < -0.3 is 4.74 Å². The highest BCUT2D eigenvalue weighted by Crippen LogP contribution is 2.24. The van der Waals surface area contributed by atoms with Gasteiger partial charge in [-0.05, 0) is 78.9 Å². The summed E-state index contributed by atoms with van der Waals surface area (Å²) in [5, 5.41) is 2.66. The van der Waals surface area contributed by atoms with Gasteiger partial charge in [-0.25, -0.2) is 4.39 Å². The quantitative estimate of drug-likeness (QED) is 0.524. The zero-order chi connectivity index (χ0) is 18.5. The Kier molecular flexibility index (Phi) is 7.30. The normalized spacial score (nSPS) is 15.3. The molecule has 2 nitrogen and oxygen atoms in total. The fourth-order valence-corrected chi connectivity index (χ4v) is 3.94. The number of halogens is 2. The predicted octanol–water partition coefficient (Wildman–Crippen LogP) is 5.73. The predicted molar refractivity (Wildman–Crippen MR) is 116 cm³/mol. The third-order valence-electron chi connectivity index (χ3n) is 5.54. The van der Waals surface area contributed by atoms with Gasteiger partial charge in [-0.2, -0.15) is 0 Å². The molecule has 3 aromatic rings. The summed E-state index contributed by atoms with van der Waals surface area (Å²) in [5.41, 5.74) is 1.45. The van der Waals surface area contributed by atoms with Gasteiger partial charge in [0.1, 0.15) is 18.2 Å². The van der Waals surface area contributed by atoms with Crippen LogP contribution in [0.25, 0.3) is 10.8 Å². The van der Waals surface area contributed by atoms with Gasteiger partial charge in [-0.3, -0.25) is 4.90 Å². The van der Waals surface area contributed by atoms with Crippen molar-refractivity contribution in [3.8, 4) is 5.75 Å². The summed E-state index contributed by atoms with van der Waals surface area (Å²) >= 11 is 0. The minimum Gasteiger partial charge on any atom is -0.492 e. The van der Waals surface area contributed by atoms with Crippen molar-refractivity contribution in [3.63, 3.8) is 0 Å². The van der Waals surface area contributed by atoms with Crippen LogP contribution in [0.4, 0.5) is 4.39 Å². The van der Waals surface area contributed by atoms with Crippen molar-refractivity contribution in [2.45, 2.75) is 19.3 Å². The molecule has 1 saturated heterocycles. The molecular formula is C24H27ClFNO. The highest BCUT2D eigenvalue weighted by Gasteiger charge is 2.19. The monoisotopic (exact) mass is 399 g/mol. The number of piperidine rings is 1. The van der Waals surface area contributed by atoms with Crippen molar-refractivity contribution in [2.24, 2.45) is 5.92 Å². The van der Waals surface area contributed by atoms with Gasteiger partial charge in [0.05, 0.1) is 0 Å². The Balaban J connectivity index is 0.00000225. The van der Waals surface area contributed by atoms with Gasteiger partial charge in [-0.15, -0.1) is 12.4 Å². The Labute approximate surface area is 172 Å². The summed E-state index contributed by atoms with van der Waals surface area (Å²) in [7, 11) is 0. The first-order valence-electron chi connectivity index (χ1n) is 9.85. The van der Waals surface area contributed by atoms with Gasteiger partial charge in [-0.1, -0.05) is 42.5 Å². The van der Waals surface area contributed by atoms with Crippen LogP contribution in [0.3, 0.4) is 0 Å². The number of likely N-dealkylation sites (tertiary alicyclic amines) is 1. The number of rotatable bonds is 6. The summed E-state index contributed by atoms with van der Waals surface area (Å²) in [4.78, 5) is 2.47. The van der Waals surface area contributed by atoms with Gasteiger partial charge in [0, 0.05) is 6.54 Å². The van der Waals surface area contributed by atoms with Crippen LogP contribution in [0.15, 0.2) is 66.7 Å². The van der Waals surface area contributed by atoms with Crippen molar-refractivity contribution in [3.05, 3.63) is 78.1 Å². The van der Waals surface area contributed by atoms with E-state index in [-0.39, 0.29) is 18.2 Å². The molecule has 0 radical (unpaired) electrons. The van der Waals surface area contributed by atoms with Crippen LogP contribution >= 0.6 is 12.4 Å². The van der Waals surface area contributed by atoms with E-state index in [0.717, 1.165) is 31.3 Å². The van der Waals surface area contributed by atoms with Gasteiger partial charge in [0.15, 0.2) is 0 Å². The van der Waals surface area contributed by atoms with E-state index in [0.29, 0.717) is 6.61 Å². The molecule has 1 aliphatic rings. The van der Waals surface area contributed by atoms with Gasteiger partial charge in [0.25, 0.3) is 0 Å². The molecule has 0 bridgehead atoms. The lowest BCUT2D eigenvalue weighted by molar-refractivity contribution is 0.155. The topological polar surface area (TPSA) is 12.5 Å². The maximum Gasteiger partial charge on any atom is 0.123 e. The van der Waals surface area contributed by atoms with Crippen molar-refractivity contribution >= 4 is 23.2 Å².